The highest BCUT2D eigenvalue weighted by molar-refractivity contribution is 7.16. The summed E-state index contributed by atoms with van der Waals surface area (Å²) >= 11 is 13.7. The van der Waals surface area contributed by atoms with Crippen LogP contribution in [0.5, 0.6) is 0 Å². The molecule has 1 heterocycles. The first kappa shape index (κ1) is 22.2. The van der Waals surface area contributed by atoms with Gasteiger partial charge >= 0.3 is 0 Å². The Kier molecular flexibility index (Phi) is 6.45. The van der Waals surface area contributed by atoms with E-state index in [-0.39, 0.29) is 17.0 Å². The molecule has 0 fully saturated rings. The Morgan fingerprint density at radius 3 is 2.40 bits per heavy atom. The molecule has 156 valence electrons. The van der Waals surface area contributed by atoms with E-state index in [4.69, 9.17) is 23.2 Å². The van der Waals surface area contributed by atoms with Crippen LogP contribution in [0.3, 0.4) is 0 Å². The molecule has 3 aromatic rings. The van der Waals surface area contributed by atoms with E-state index in [1.54, 1.807) is 12.1 Å². The lowest BCUT2D eigenvalue weighted by atomic mass is 9.90. The van der Waals surface area contributed by atoms with Crippen LogP contribution in [0, 0.1) is 10.1 Å². The highest BCUT2D eigenvalue weighted by atomic mass is 35.5. The van der Waals surface area contributed by atoms with Gasteiger partial charge in [0.25, 0.3) is 11.6 Å². The van der Waals surface area contributed by atoms with Gasteiger partial charge in [-0.25, -0.2) is 4.98 Å². The van der Waals surface area contributed by atoms with Crippen molar-refractivity contribution in [3.63, 3.8) is 0 Å². The van der Waals surface area contributed by atoms with Crippen LogP contribution in [0.15, 0.2) is 42.5 Å². The van der Waals surface area contributed by atoms with Crippen LogP contribution in [0.2, 0.25) is 10.0 Å². The zero-order valence-electron chi connectivity index (χ0n) is 16.5. The predicted molar refractivity (Wildman–Crippen MR) is 121 cm³/mol. The van der Waals surface area contributed by atoms with Crippen LogP contribution in [-0.4, -0.2) is 15.8 Å². The number of nitro benzene ring substituents is 1. The zero-order chi connectivity index (χ0) is 22.1. The Hall–Kier alpha value is -2.48. The average Bonchev–Trinajstić information content (AvgIpc) is 3.07. The van der Waals surface area contributed by atoms with E-state index in [0.29, 0.717) is 27.2 Å². The fraction of sp³-hybridized carbons (Fsp3) is 0.238. The van der Waals surface area contributed by atoms with E-state index < -0.39 is 4.92 Å². The second kappa shape index (κ2) is 8.71. The molecule has 0 aliphatic carbocycles. The standard InChI is InChI=1S/C21H19Cl2N3O3S/c1-21(2,3)18-17(10-13-4-7-14(22)11-16(13)23)30-20(24-18)25-19(27)12-5-8-15(9-6-12)26(28)29/h4-9,11H,10H2,1-3H3,(H,24,25,27). The number of nitrogens with one attached hydrogen (secondary N) is 1. The van der Waals surface area contributed by atoms with Crippen molar-refractivity contribution in [2.24, 2.45) is 0 Å². The van der Waals surface area contributed by atoms with Crippen LogP contribution >= 0.6 is 34.5 Å². The predicted octanol–water partition coefficient (Wildman–Crippen LogP) is 6.50. The van der Waals surface area contributed by atoms with Gasteiger partial charge in [-0.1, -0.05) is 50.0 Å². The lowest BCUT2D eigenvalue weighted by Crippen LogP contribution is -2.15. The minimum absolute atomic E-state index is 0.0713. The molecule has 9 heteroatoms. The van der Waals surface area contributed by atoms with Crippen molar-refractivity contribution >= 4 is 51.3 Å². The van der Waals surface area contributed by atoms with Gasteiger partial charge in [-0.2, -0.15) is 0 Å². The summed E-state index contributed by atoms with van der Waals surface area (Å²) in [5, 5.41) is 15.2. The van der Waals surface area contributed by atoms with Crippen molar-refractivity contribution in [1.29, 1.82) is 0 Å². The number of halogens is 2. The first-order valence-corrected chi connectivity index (χ1v) is 10.6. The Morgan fingerprint density at radius 1 is 1.17 bits per heavy atom. The zero-order valence-corrected chi connectivity index (χ0v) is 18.9. The largest absolute Gasteiger partial charge is 0.298 e. The van der Waals surface area contributed by atoms with E-state index in [9.17, 15) is 14.9 Å². The number of hydrogen-bond acceptors (Lipinski definition) is 5. The molecule has 3 rings (SSSR count). The van der Waals surface area contributed by atoms with E-state index >= 15 is 0 Å². The number of hydrogen-bond donors (Lipinski definition) is 1. The minimum atomic E-state index is -0.508. The monoisotopic (exact) mass is 463 g/mol. The molecule has 0 unspecified atom stereocenters. The Morgan fingerprint density at radius 2 is 1.83 bits per heavy atom. The van der Waals surface area contributed by atoms with Crippen LogP contribution < -0.4 is 5.32 Å². The molecule has 0 saturated heterocycles. The van der Waals surface area contributed by atoms with Crippen molar-refractivity contribution in [1.82, 2.24) is 4.98 Å². The Bertz CT molecular complexity index is 1110. The summed E-state index contributed by atoms with van der Waals surface area (Å²) in [6.45, 7) is 6.16. The summed E-state index contributed by atoms with van der Waals surface area (Å²) in [6.07, 6.45) is 0.563. The van der Waals surface area contributed by atoms with Crippen molar-refractivity contribution in [2.75, 3.05) is 5.32 Å². The van der Waals surface area contributed by atoms with Crippen LogP contribution in [0.1, 0.15) is 47.3 Å². The van der Waals surface area contributed by atoms with E-state index in [1.807, 2.05) is 6.07 Å². The minimum Gasteiger partial charge on any atom is -0.298 e. The van der Waals surface area contributed by atoms with E-state index in [1.165, 1.54) is 35.6 Å². The number of benzene rings is 2. The molecule has 0 atom stereocenters. The summed E-state index contributed by atoms with van der Waals surface area (Å²) < 4.78 is 0. The molecule has 0 aliphatic heterocycles. The molecular weight excluding hydrogens is 445 g/mol. The number of carbonyl (C=O) groups is 1. The van der Waals surface area contributed by atoms with Crippen LogP contribution in [-0.2, 0) is 11.8 Å². The number of nitro groups is 1. The quantitative estimate of drug-likeness (QED) is 0.345. The lowest BCUT2D eigenvalue weighted by molar-refractivity contribution is -0.384. The molecule has 30 heavy (non-hydrogen) atoms. The van der Waals surface area contributed by atoms with E-state index in [0.717, 1.165) is 16.1 Å². The van der Waals surface area contributed by atoms with Gasteiger partial charge in [-0.05, 0) is 29.8 Å². The second-order valence-corrected chi connectivity index (χ2v) is 9.64. The molecule has 0 bridgehead atoms. The normalized spacial score (nSPS) is 11.4. The number of nitrogens with zero attached hydrogens (tertiary/aromatic N) is 2. The van der Waals surface area contributed by atoms with Gasteiger partial charge in [0.2, 0.25) is 0 Å². The van der Waals surface area contributed by atoms with Gasteiger partial charge < -0.3 is 0 Å². The molecule has 6 nitrogen and oxygen atoms in total. The fourth-order valence-electron chi connectivity index (χ4n) is 2.85. The number of thiazole rings is 1. The van der Waals surface area contributed by atoms with Crippen molar-refractivity contribution < 1.29 is 9.72 Å². The first-order valence-electron chi connectivity index (χ1n) is 9.04. The van der Waals surface area contributed by atoms with Gasteiger partial charge in [0.05, 0.1) is 10.6 Å². The highest BCUT2D eigenvalue weighted by Gasteiger charge is 2.25. The Labute approximate surface area is 188 Å². The number of rotatable bonds is 5. The maximum absolute atomic E-state index is 12.6. The molecule has 1 amide bonds. The summed E-state index contributed by atoms with van der Waals surface area (Å²) in [5.41, 5.74) is 1.80. The van der Waals surface area contributed by atoms with Crippen molar-refractivity contribution in [2.45, 2.75) is 32.6 Å². The fourth-order valence-corrected chi connectivity index (χ4v) is 4.52. The third-order valence-electron chi connectivity index (χ3n) is 4.33. The van der Waals surface area contributed by atoms with Gasteiger partial charge in [-0.3, -0.25) is 20.2 Å². The molecule has 0 aliphatic rings. The maximum atomic E-state index is 12.6. The number of anilines is 1. The van der Waals surface area contributed by atoms with Gasteiger partial charge in [-0.15, -0.1) is 11.3 Å². The molecule has 1 N–H and O–H groups in total. The summed E-state index contributed by atoms with van der Waals surface area (Å²) in [4.78, 5) is 28.5. The topological polar surface area (TPSA) is 85.1 Å². The SMILES string of the molecule is CC(C)(C)c1nc(NC(=O)c2ccc([N+](=O)[O-])cc2)sc1Cc1ccc(Cl)cc1Cl. The van der Waals surface area contributed by atoms with Gasteiger partial charge in [0, 0.05) is 44.5 Å². The highest BCUT2D eigenvalue weighted by Crippen LogP contribution is 2.35. The van der Waals surface area contributed by atoms with Crippen molar-refractivity contribution in [3.8, 4) is 0 Å². The van der Waals surface area contributed by atoms with Gasteiger partial charge in [0.1, 0.15) is 0 Å². The molecule has 0 radical (unpaired) electrons. The number of carbonyl (C=O) groups excluding carboxylic acids is 1. The summed E-state index contributed by atoms with van der Waals surface area (Å²) in [7, 11) is 0. The summed E-state index contributed by atoms with van der Waals surface area (Å²) in [6, 6.07) is 10.8. The molecule has 0 spiro atoms. The van der Waals surface area contributed by atoms with Gasteiger partial charge in [0.15, 0.2) is 5.13 Å². The van der Waals surface area contributed by atoms with Crippen molar-refractivity contribution in [3.05, 3.63) is 84.3 Å². The third kappa shape index (κ3) is 5.16. The summed E-state index contributed by atoms with van der Waals surface area (Å²) in [5.74, 6) is -0.379. The lowest BCUT2D eigenvalue weighted by Gasteiger charge is -2.17. The number of non-ortho nitro benzene ring substituents is 1. The van der Waals surface area contributed by atoms with Crippen LogP contribution in [0.4, 0.5) is 10.8 Å². The average molecular weight is 464 g/mol. The second-order valence-electron chi connectivity index (χ2n) is 7.71. The molecule has 2 aromatic carbocycles. The molecule has 0 saturated carbocycles. The molecule has 1 aromatic heterocycles. The number of amides is 1. The third-order valence-corrected chi connectivity index (χ3v) is 5.89. The smallest absolute Gasteiger partial charge is 0.269 e. The maximum Gasteiger partial charge on any atom is 0.269 e. The first-order chi connectivity index (χ1) is 14.0. The Balaban J connectivity index is 1.87. The molecular formula is C21H19Cl2N3O3S. The number of aromatic nitrogens is 1. The van der Waals surface area contributed by atoms with Crippen LogP contribution in [0.25, 0.3) is 0 Å². The van der Waals surface area contributed by atoms with E-state index in [2.05, 4.69) is 31.1 Å².